The molecule has 8 heteroatoms. The molecule has 0 radical (unpaired) electrons. The third-order valence-electron chi connectivity index (χ3n) is 7.37. The number of amides is 2. The van der Waals surface area contributed by atoms with E-state index in [0.717, 1.165) is 75.3 Å². The molecule has 2 amide bonds. The van der Waals surface area contributed by atoms with Gasteiger partial charge < -0.3 is 23.7 Å². The van der Waals surface area contributed by atoms with Crippen molar-refractivity contribution in [2.75, 3.05) is 59.1 Å². The Labute approximate surface area is 224 Å². The number of hydrogen-bond acceptors (Lipinski definition) is 6. The van der Waals surface area contributed by atoms with E-state index in [4.69, 9.17) is 13.9 Å². The maximum absolute atomic E-state index is 13.9. The lowest BCUT2D eigenvalue weighted by molar-refractivity contribution is -0.134. The summed E-state index contributed by atoms with van der Waals surface area (Å²) in [5, 5.41) is 1.91. The van der Waals surface area contributed by atoms with Crippen LogP contribution in [0.1, 0.15) is 35.4 Å². The number of ether oxygens (including phenoxy) is 2. The molecule has 0 bridgehead atoms. The summed E-state index contributed by atoms with van der Waals surface area (Å²) in [5.74, 6) is 0.500. The summed E-state index contributed by atoms with van der Waals surface area (Å²) in [4.78, 5) is 33.5. The zero-order valence-corrected chi connectivity index (χ0v) is 21.9. The van der Waals surface area contributed by atoms with Crippen LogP contribution in [0.3, 0.4) is 0 Å². The number of benzene rings is 2. The monoisotopic (exact) mass is 519 g/mol. The van der Waals surface area contributed by atoms with Crippen molar-refractivity contribution in [3.63, 3.8) is 0 Å². The Morgan fingerprint density at radius 1 is 0.947 bits per heavy atom. The van der Waals surface area contributed by atoms with Crippen molar-refractivity contribution in [2.24, 2.45) is 0 Å². The van der Waals surface area contributed by atoms with Gasteiger partial charge >= 0.3 is 0 Å². The predicted octanol–water partition coefficient (Wildman–Crippen LogP) is 3.81. The van der Waals surface area contributed by atoms with Crippen LogP contribution >= 0.6 is 0 Å². The molecule has 1 atom stereocenters. The zero-order chi connectivity index (χ0) is 26.2. The third kappa shape index (κ3) is 6.81. The van der Waals surface area contributed by atoms with Crippen molar-refractivity contribution >= 4 is 22.6 Å². The number of morpholine rings is 1. The normalized spacial score (nSPS) is 18.1. The molecule has 8 nitrogen and oxygen atoms in total. The fourth-order valence-electron chi connectivity index (χ4n) is 5.29. The maximum Gasteiger partial charge on any atom is 0.254 e. The lowest BCUT2D eigenvalue weighted by Gasteiger charge is -2.30. The smallest absolute Gasteiger partial charge is 0.254 e. The number of carbonyl (C=O) groups is 2. The minimum Gasteiger partial charge on any atom is -0.467 e. The van der Waals surface area contributed by atoms with E-state index >= 15 is 0 Å². The van der Waals surface area contributed by atoms with Gasteiger partial charge in [0.15, 0.2) is 0 Å². The SMILES string of the molecule is O=C(CN(CCCN1CCOCC1)C(=O)c1cccc2ccccc12)N(Cc1ccco1)CC1CCCO1. The maximum atomic E-state index is 13.9. The summed E-state index contributed by atoms with van der Waals surface area (Å²) >= 11 is 0. The van der Waals surface area contributed by atoms with Gasteiger partial charge in [0, 0.05) is 44.9 Å². The number of furan rings is 1. The molecule has 1 aromatic heterocycles. The van der Waals surface area contributed by atoms with Gasteiger partial charge in [-0.2, -0.15) is 0 Å². The first-order chi connectivity index (χ1) is 18.7. The van der Waals surface area contributed by atoms with E-state index in [9.17, 15) is 9.59 Å². The van der Waals surface area contributed by atoms with Crippen molar-refractivity contribution in [1.82, 2.24) is 14.7 Å². The van der Waals surface area contributed by atoms with Gasteiger partial charge in [-0.3, -0.25) is 14.5 Å². The first-order valence-electron chi connectivity index (χ1n) is 13.7. The number of rotatable bonds is 11. The van der Waals surface area contributed by atoms with E-state index < -0.39 is 0 Å². The van der Waals surface area contributed by atoms with Crippen LogP contribution < -0.4 is 0 Å². The van der Waals surface area contributed by atoms with Crippen molar-refractivity contribution in [2.45, 2.75) is 31.9 Å². The zero-order valence-electron chi connectivity index (χ0n) is 21.9. The average Bonchev–Trinajstić information content (AvgIpc) is 3.67. The van der Waals surface area contributed by atoms with E-state index in [1.54, 1.807) is 16.1 Å². The molecule has 202 valence electrons. The minimum absolute atomic E-state index is 0.0115. The summed E-state index contributed by atoms with van der Waals surface area (Å²) in [5.41, 5.74) is 0.624. The number of fused-ring (bicyclic) bond motifs is 1. The molecule has 0 aliphatic carbocycles. The van der Waals surface area contributed by atoms with Crippen molar-refractivity contribution in [3.8, 4) is 0 Å². The molecule has 0 spiro atoms. The molecule has 2 aliphatic heterocycles. The number of carbonyl (C=O) groups excluding carboxylic acids is 2. The Morgan fingerprint density at radius 2 is 1.79 bits per heavy atom. The second-order valence-corrected chi connectivity index (χ2v) is 10.0. The van der Waals surface area contributed by atoms with Gasteiger partial charge in [-0.05, 0) is 48.2 Å². The van der Waals surface area contributed by atoms with E-state index in [1.807, 2.05) is 54.6 Å². The minimum atomic E-state index is -0.118. The lowest BCUT2D eigenvalue weighted by atomic mass is 10.0. The fraction of sp³-hybridized carbons (Fsp3) is 0.467. The van der Waals surface area contributed by atoms with Gasteiger partial charge in [-0.1, -0.05) is 36.4 Å². The standard InChI is InChI=1S/C30H37N3O5/c34-29(33(21-25-9-4-17-37-25)22-26-10-5-18-38-26)23-32(14-6-13-31-15-19-36-20-16-31)30(35)28-12-3-8-24-7-1-2-11-27(24)28/h1-4,7-9,11-12,17,26H,5-6,10,13-16,18-23H2. The van der Waals surface area contributed by atoms with Gasteiger partial charge in [0.05, 0.1) is 32.1 Å². The molecular weight excluding hydrogens is 482 g/mol. The van der Waals surface area contributed by atoms with Gasteiger partial charge in [-0.25, -0.2) is 0 Å². The fourth-order valence-corrected chi connectivity index (χ4v) is 5.29. The molecule has 1 unspecified atom stereocenters. The Morgan fingerprint density at radius 3 is 2.58 bits per heavy atom. The van der Waals surface area contributed by atoms with Crippen molar-refractivity contribution in [3.05, 3.63) is 72.2 Å². The lowest BCUT2D eigenvalue weighted by Crippen LogP contribution is -2.46. The quantitative estimate of drug-likeness (QED) is 0.384. The summed E-state index contributed by atoms with van der Waals surface area (Å²) in [7, 11) is 0. The van der Waals surface area contributed by atoms with Crippen LogP contribution in [0.4, 0.5) is 0 Å². The molecule has 2 saturated heterocycles. The predicted molar refractivity (Wildman–Crippen MR) is 145 cm³/mol. The van der Waals surface area contributed by atoms with E-state index in [0.29, 0.717) is 25.2 Å². The molecule has 3 heterocycles. The van der Waals surface area contributed by atoms with Gasteiger partial charge in [0.1, 0.15) is 12.3 Å². The van der Waals surface area contributed by atoms with Crippen LogP contribution in [0.15, 0.2) is 65.3 Å². The van der Waals surface area contributed by atoms with E-state index in [1.165, 1.54) is 0 Å². The van der Waals surface area contributed by atoms with Crippen LogP contribution in [0.2, 0.25) is 0 Å². The summed E-state index contributed by atoms with van der Waals surface area (Å²) in [6.07, 6.45) is 4.35. The van der Waals surface area contributed by atoms with Crippen molar-refractivity contribution < 1.29 is 23.5 Å². The number of hydrogen-bond donors (Lipinski definition) is 0. The second-order valence-electron chi connectivity index (χ2n) is 10.0. The third-order valence-corrected chi connectivity index (χ3v) is 7.37. The Bertz CT molecular complexity index is 1180. The molecule has 3 aromatic rings. The molecule has 0 saturated carbocycles. The topological polar surface area (TPSA) is 75.5 Å². The Kier molecular flexibility index (Phi) is 9.06. The van der Waals surface area contributed by atoms with Crippen LogP contribution in [0.25, 0.3) is 10.8 Å². The van der Waals surface area contributed by atoms with Crippen LogP contribution in [0, 0.1) is 0 Å². The summed E-state index contributed by atoms with van der Waals surface area (Å²) < 4.78 is 16.8. The largest absolute Gasteiger partial charge is 0.467 e. The van der Waals surface area contributed by atoms with Crippen molar-refractivity contribution in [1.29, 1.82) is 0 Å². The van der Waals surface area contributed by atoms with Crippen LogP contribution in [-0.2, 0) is 20.8 Å². The van der Waals surface area contributed by atoms with Gasteiger partial charge in [0.25, 0.3) is 5.91 Å². The average molecular weight is 520 g/mol. The van der Waals surface area contributed by atoms with Gasteiger partial charge in [0.2, 0.25) is 5.91 Å². The first kappa shape index (κ1) is 26.4. The van der Waals surface area contributed by atoms with E-state index in [-0.39, 0.29) is 24.5 Å². The summed E-state index contributed by atoms with van der Waals surface area (Å²) in [6.45, 7) is 6.22. The highest BCUT2D eigenvalue weighted by atomic mass is 16.5. The second kappa shape index (κ2) is 13.0. The molecule has 2 fully saturated rings. The summed E-state index contributed by atoms with van der Waals surface area (Å²) in [6, 6.07) is 17.4. The van der Waals surface area contributed by atoms with E-state index in [2.05, 4.69) is 4.90 Å². The molecule has 2 aliphatic rings. The van der Waals surface area contributed by atoms with Crippen LogP contribution in [-0.4, -0.2) is 91.7 Å². The Balaban J connectivity index is 1.34. The van der Waals surface area contributed by atoms with Crippen LogP contribution in [0.5, 0.6) is 0 Å². The number of nitrogens with zero attached hydrogens (tertiary/aromatic N) is 3. The molecule has 38 heavy (non-hydrogen) atoms. The highest BCUT2D eigenvalue weighted by Gasteiger charge is 2.27. The highest BCUT2D eigenvalue weighted by molar-refractivity contribution is 6.07. The Hall–Kier alpha value is -3.20. The molecular formula is C30H37N3O5. The van der Waals surface area contributed by atoms with Gasteiger partial charge in [-0.15, -0.1) is 0 Å². The first-order valence-corrected chi connectivity index (χ1v) is 13.7. The molecule has 2 aromatic carbocycles. The molecule has 5 rings (SSSR count). The highest BCUT2D eigenvalue weighted by Crippen LogP contribution is 2.21. The molecule has 0 N–H and O–H groups in total.